The van der Waals surface area contributed by atoms with Gasteiger partial charge in [0.05, 0.1) is 23.3 Å². The summed E-state index contributed by atoms with van der Waals surface area (Å²) in [4.78, 5) is 0. The van der Waals surface area contributed by atoms with E-state index in [0.717, 1.165) is 24.8 Å². The number of nitriles is 2. The van der Waals surface area contributed by atoms with E-state index in [1.54, 1.807) is 18.2 Å². The highest BCUT2D eigenvalue weighted by atomic mass is 14.3. The van der Waals surface area contributed by atoms with Gasteiger partial charge in [-0.3, -0.25) is 0 Å². The van der Waals surface area contributed by atoms with Crippen molar-refractivity contribution in [1.29, 1.82) is 10.5 Å². The minimum atomic E-state index is 0.235. The molecule has 2 rings (SSSR count). The number of rotatable bonds is 1. The fraction of sp³-hybridized carbons (Fsp3) is 0.286. The fourth-order valence-electron chi connectivity index (χ4n) is 2.21. The smallest absolute Gasteiger partial charge is 0.0995 e. The molecule has 0 saturated heterocycles. The molecule has 0 bridgehead atoms. The Morgan fingerprint density at radius 3 is 2.31 bits per heavy atom. The number of nitrogens with zero attached hydrogens (tertiary/aromatic N) is 2. The highest BCUT2D eigenvalue weighted by Gasteiger charge is 2.18. The van der Waals surface area contributed by atoms with Gasteiger partial charge in [0.1, 0.15) is 0 Å². The Hall–Kier alpha value is -2.06. The molecule has 78 valence electrons. The first kappa shape index (κ1) is 10.5. The molecule has 2 heteroatoms. The van der Waals surface area contributed by atoms with Crippen LogP contribution in [0.2, 0.25) is 0 Å². The van der Waals surface area contributed by atoms with Crippen LogP contribution in [0.25, 0.3) is 0 Å². The maximum atomic E-state index is 9.09. The van der Waals surface area contributed by atoms with Gasteiger partial charge in [-0.25, -0.2) is 0 Å². The average molecular weight is 208 g/mol. The summed E-state index contributed by atoms with van der Waals surface area (Å²) in [7, 11) is 0. The molecule has 0 fully saturated rings. The first-order chi connectivity index (χ1) is 7.86. The van der Waals surface area contributed by atoms with Gasteiger partial charge >= 0.3 is 0 Å². The first-order valence-electron chi connectivity index (χ1n) is 5.46. The third-order valence-corrected chi connectivity index (χ3v) is 2.97. The molecule has 0 aliphatic heterocycles. The van der Waals surface area contributed by atoms with Crippen LogP contribution < -0.4 is 0 Å². The minimum absolute atomic E-state index is 0.235. The third-order valence-electron chi connectivity index (χ3n) is 2.97. The van der Waals surface area contributed by atoms with E-state index in [1.807, 2.05) is 0 Å². The topological polar surface area (TPSA) is 47.6 Å². The van der Waals surface area contributed by atoms with Gasteiger partial charge < -0.3 is 0 Å². The fourth-order valence-corrected chi connectivity index (χ4v) is 2.21. The highest BCUT2D eigenvalue weighted by molar-refractivity contribution is 5.51. The summed E-state index contributed by atoms with van der Waals surface area (Å²) in [6.07, 6.45) is 7.53. The second kappa shape index (κ2) is 4.64. The molecule has 1 unspecified atom stereocenters. The summed E-state index contributed by atoms with van der Waals surface area (Å²) in [5.74, 6) is 0.235. The summed E-state index contributed by atoms with van der Waals surface area (Å²) >= 11 is 0. The Labute approximate surface area is 95.4 Å². The van der Waals surface area contributed by atoms with E-state index in [4.69, 9.17) is 10.5 Å². The second-order valence-corrected chi connectivity index (χ2v) is 3.96. The van der Waals surface area contributed by atoms with Crippen LogP contribution >= 0.6 is 0 Å². The van der Waals surface area contributed by atoms with Crippen molar-refractivity contribution >= 4 is 0 Å². The van der Waals surface area contributed by atoms with Gasteiger partial charge in [-0.05, 0) is 37.0 Å². The van der Waals surface area contributed by atoms with Gasteiger partial charge in [0.25, 0.3) is 0 Å². The van der Waals surface area contributed by atoms with Gasteiger partial charge in [-0.2, -0.15) is 10.5 Å². The van der Waals surface area contributed by atoms with Crippen LogP contribution in [-0.2, 0) is 0 Å². The van der Waals surface area contributed by atoms with Crippen LogP contribution in [0, 0.1) is 22.7 Å². The molecule has 1 aliphatic carbocycles. The van der Waals surface area contributed by atoms with Crippen molar-refractivity contribution in [2.45, 2.75) is 25.2 Å². The first-order valence-corrected chi connectivity index (χ1v) is 5.46. The molecule has 0 amide bonds. The highest BCUT2D eigenvalue weighted by Crippen LogP contribution is 2.32. The molecule has 0 spiro atoms. The summed E-state index contributed by atoms with van der Waals surface area (Å²) in [5.41, 5.74) is 2.18. The van der Waals surface area contributed by atoms with E-state index in [0.29, 0.717) is 11.1 Å². The van der Waals surface area contributed by atoms with E-state index in [1.165, 1.54) is 0 Å². The van der Waals surface area contributed by atoms with Crippen molar-refractivity contribution in [2.24, 2.45) is 0 Å². The largest absolute Gasteiger partial charge is 0.192 e. The predicted octanol–water partition coefficient (Wildman–Crippen LogP) is 3.25. The average Bonchev–Trinajstić information content (AvgIpc) is 2.38. The van der Waals surface area contributed by atoms with Crippen molar-refractivity contribution in [1.82, 2.24) is 0 Å². The predicted molar refractivity (Wildman–Crippen MR) is 61.6 cm³/mol. The van der Waals surface area contributed by atoms with Gasteiger partial charge in [0.15, 0.2) is 0 Å². The SMILES string of the molecule is N#Cc1cccc(C#N)c1C1C=CCCC1. The molecule has 1 atom stereocenters. The molecule has 16 heavy (non-hydrogen) atoms. The number of hydrogen-bond acceptors (Lipinski definition) is 2. The lowest BCUT2D eigenvalue weighted by Crippen LogP contribution is -2.04. The van der Waals surface area contributed by atoms with Crippen LogP contribution in [0.4, 0.5) is 0 Å². The van der Waals surface area contributed by atoms with Gasteiger partial charge in [0.2, 0.25) is 0 Å². The Balaban J connectivity index is 2.53. The Morgan fingerprint density at radius 1 is 1.12 bits per heavy atom. The summed E-state index contributed by atoms with van der Waals surface area (Å²) < 4.78 is 0. The Kier molecular flexibility index (Phi) is 3.03. The molecular formula is C14H12N2. The molecule has 1 aromatic rings. The van der Waals surface area contributed by atoms with Crippen LogP contribution in [0.3, 0.4) is 0 Å². The molecule has 0 aromatic heterocycles. The van der Waals surface area contributed by atoms with E-state index in [-0.39, 0.29) is 5.92 Å². The van der Waals surface area contributed by atoms with Crippen molar-refractivity contribution < 1.29 is 0 Å². The number of hydrogen-bond donors (Lipinski definition) is 0. The maximum Gasteiger partial charge on any atom is 0.0995 e. The molecule has 0 radical (unpaired) electrons. The van der Waals surface area contributed by atoms with Crippen molar-refractivity contribution in [3.05, 3.63) is 47.0 Å². The molecule has 1 aromatic carbocycles. The third kappa shape index (κ3) is 1.83. The monoisotopic (exact) mass is 208 g/mol. The molecular weight excluding hydrogens is 196 g/mol. The quantitative estimate of drug-likeness (QED) is 0.665. The second-order valence-electron chi connectivity index (χ2n) is 3.96. The van der Waals surface area contributed by atoms with Crippen molar-refractivity contribution in [2.75, 3.05) is 0 Å². The van der Waals surface area contributed by atoms with E-state index >= 15 is 0 Å². The number of allylic oxidation sites excluding steroid dienone is 2. The standard InChI is InChI=1S/C14H12N2/c15-9-12-7-4-8-13(10-16)14(12)11-5-2-1-3-6-11/h2,4-5,7-8,11H,1,3,6H2. The summed E-state index contributed by atoms with van der Waals surface area (Å²) in [6.45, 7) is 0. The lowest BCUT2D eigenvalue weighted by molar-refractivity contribution is 0.652. The minimum Gasteiger partial charge on any atom is -0.192 e. The van der Waals surface area contributed by atoms with E-state index < -0.39 is 0 Å². The van der Waals surface area contributed by atoms with Gasteiger partial charge in [0, 0.05) is 5.92 Å². The molecule has 0 heterocycles. The number of benzene rings is 1. The Bertz CT molecular complexity index is 468. The lowest BCUT2D eigenvalue weighted by Gasteiger charge is -2.18. The van der Waals surface area contributed by atoms with Crippen LogP contribution in [0.15, 0.2) is 30.4 Å². The van der Waals surface area contributed by atoms with Crippen LogP contribution in [-0.4, -0.2) is 0 Å². The normalized spacial score (nSPS) is 18.8. The molecule has 0 saturated carbocycles. The zero-order valence-corrected chi connectivity index (χ0v) is 8.98. The van der Waals surface area contributed by atoms with Crippen LogP contribution in [0.1, 0.15) is 41.9 Å². The Morgan fingerprint density at radius 2 is 1.81 bits per heavy atom. The summed E-state index contributed by atoms with van der Waals surface area (Å²) in [5, 5.41) is 18.2. The van der Waals surface area contributed by atoms with E-state index in [9.17, 15) is 0 Å². The molecule has 0 N–H and O–H groups in total. The summed E-state index contributed by atoms with van der Waals surface area (Å²) in [6, 6.07) is 9.72. The van der Waals surface area contributed by atoms with Gasteiger partial charge in [-0.15, -0.1) is 0 Å². The van der Waals surface area contributed by atoms with Crippen molar-refractivity contribution in [3.63, 3.8) is 0 Å². The molecule has 2 nitrogen and oxygen atoms in total. The maximum absolute atomic E-state index is 9.09. The van der Waals surface area contributed by atoms with Crippen LogP contribution in [0.5, 0.6) is 0 Å². The van der Waals surface area contributed by atoms with Gasteiger partial charge in [-0.1, -0.05) is 18.2 Å². The molecule has 1 aliphatic rings. The zero-order chi connectivity index (χ0) is 11.4. The van der Waals surface area contributed by atoms with Crippen molar-refractivity contribution in [3.8, 4) is 12.1 Å². The zero-order valence-electron chi connectivity index (χ0n) is 8.98. The van der Waals surface area contributed by atoms with E-state index in [2.05, 4.69) is 24.3 Å². The lowest BCUT2D eigenvalue weighted by atomic mass is 9.84.